The van der Waals surface area contributed by atoms with Crippen molar-refractivity contribution >= 4 is 45.2 Å². The summed E-state index contributed by atoms with van der Waals surface area (Å²) in [4.78, 5) is 3.61. The zero-order valence-corrected chi connectivity index (χ0v) is 19.9. The Hall–Kier alpha value is -4.04. The van der Waals surface area contributed by atoms with Gasteiger partial charge in [-0.3, -0.25) is 0 Å². The molecule has 0 saturated carbocycles. The van der Waals surface area contributed by atoms with E-state index in [1.54, 1.807) is 0 Å². The zero-order valence-electron chi connectivity index (χ0n) is 19.0. The first-order valence-electron chi connectivity index (χ1n) is 11.5. The molecule has 0 spiro atoms. The molecule has 0 saturated heterocycles. The third-order valence-electron chi connectivity index (χ3n) is 6.54. The van der Waals surface area contributed by atoms with Crippen LogP contribution in [0.4, 0.5) is 0 Å². The summed E-state index contributed by atoms with van der Waals surface area (Å²) in [6, 6.07) is 31.0. The number of nitrogens with zero attached hydrogens (tertiary/aromatic N) is 1. The van der Waals surface area contributed by atoms with Gasteiger partial charge in [0.25, 0.3) is 0 Å². The fraction of sp³-hybridized carbons (Fsp3) is 0.100. The molecule has 2 heterocycles. The van der Waals surface area contributed by atoms with E-state index in [1.165, 1.54) is 10.9 Å². The molecule has 0 unspecified atom stereocenters. The SMILES string of the molecule is Cl.N#Cc1cccc(Cc2[nH]c3ccc(-c4cccc5c4oc4ccccc45)cc3c2CCN)c1. The molecule has 0 aliphatic heterocycles. The van der Waals surface area contributed by atoms with Crippen LogP contribution >= 0.6 is 12.4 Å². The van der Waals surface area contributed by atoms with E-state index in [4.69, 9.17) is 10.2 Å². The lowest BCUT2D eigenvalue weighted by atomic mass is 9.97. The summed E-state index contributed by atoms with van der Waals surface area (Å²) in [6.07, 6.45) is 1.51. The number of hydrogen-bond acceptors (Lipinski definition) is 3. The van der Waals surface area contributed by atoms with Crippen LogP contribution in [0.3, 0.4) is 0 Å². The van der Waals surface area contributed by atoms with Crippen LogP contribution in [0.1, 0.15) is 22.4 Å². The maximum Gasteiger partial charge on any atom is 0.143 e. The number of halogens is 1. The van der Waals surface area contributed by atoms with Crippen LogP contribution in [-0.2, 0) is 12.8 Å². The first kappa shape index (κ1) is 22.7. The van der Waals surface area contributed by atoms with Crippen LogP contribution in [0.15, 0.2) is 89.3 Å². The van der Waals surface area contributed by atoms with E-state index in [0.717, 1.165) is 62.7 Å². The monoisotopic (exact) mass is 477 g/mol. The molecular formula is C30H24ClN3O. The molecule has 35 heavy (non-hydrogen) atoms. The number of nitriles is 1. The number of hydrogen-bond donors (Lipinski definition) is 2. The van der Waals surface area contributed by atoms with Crippen molar-refractivity contribution in [2.45, 2.75) is 12.8 Å². The van der Waals surface area contributed by atoms with E-state index in [1.807, 2.05) is 36.4 Å². The number of H-pyrrole nitrogens is 1. The quantitative estimate of drug-likeness (QED) is 0.277. The summed E-state index contributed by atoms with van der Waals surface area (Å²) in [5, 5.41) is 12.7. The van der Waals surface area contributed by atoms with Crippen molar-refractivity contribution < 1.29 is 4.42 Å². The van der Waals surface area contributed by atoms with Crippen LogP contribution in [0, 0.1) is 11.3 Å². The van der Waals surface area contributed by atoms with Crippen LogP contribution in [-0.4, -0.2) is 11.5 Å². The Morgan fingerprint density at radius 1 is 0.857 bits per heavy atom. The minimum Gasteiger partial charge on any atom is -0.455 e. The smallest absolute Gasteiger partial charge is 0.143 e. The Kier molecular flexibility index (Phi) is 6.05. The topological polar surface area (TPSA) is 78.7 Å². The van der Waals surface area contributed by atoms with Gasteiger partial charge in [0.1, 0.15) is 11.2 Å². The second kappa shape index (κ2) is 9.31. The standard InChI is InChI=1S/C30H23N3O.ClH/c31-14-13-23-26-17-21(22-8-4-9-25-24-7-1-2-10-29(24)34-30(22)25)11-12-27(26)33-28(23)16-19-5-3-6-20(15-19)18-32;/h1-12,15,17,33H,13-14,16,31H2;1H. The lowest BCUT2D eigenvalue weighted by molar-refractivity contribution is 0.670. The summed E-state index contributed by atoms with van der Waals surface area (Å²) in [5.74, 6) is 0. The maximum absolute atomic E-state index is 9.26. The number of nitrogens with two attached hydrogens (primary N) is 1. The normalized spacial score (nSPS) is 11.1. The first-order chi connectivity index (χ1) is 16.7. The fourth-order valence-electron chi connectivity index (χ4n) is 4.98. The zero-order chi connectivity index (χ0) is 23.1. The largest absolute Gasteiger partial charge is 0.455 e. The number of aromatic nitrogens is 1. The summed E-state index contributed by atoms with van der Waals surface area (Å²) in [7, 11) is 0. The van der Waals surface area contributed by atoms with Crippen molar-refractivity contribution in [3.8, 4) is 17.2 Å². The van der Waals surface area contributed by atoms with Gasteiger partial charge in [-0.2, -0.15) is 5.26 Å². The second-order valence-electron chi connectivity index (χ2n) is 8.65. The van der Waals surface area contributed by atoms with Crippen molar-refractivity contribution in [1.82, 2.24) is 4.98 Å². The number of para-hydroxylation sites is 2. The predicted octanol–water partition coefficient (Wildman–Crippen LogP) is 7.12. The highest BCUT2D eigenvalue weighted by Gasteiger charge is 2.16. The number of furan rings is 1. The van der Waals surface area contributed by atoms with E-state index in [2.05, 4.69) is 59.6 Å². The van der Waals surface area contributed by atoms with Crippen molar-refractivity contribution in [1.29, 1.82) is 5.26 Å². The second-order valence-corrected chi connectivity index (χ2v) is 8.65. The van der Waals surface area contributed by atoms with Gasteiger partial charge < -0.3 is 15.1 Å². The summed E-state index contributed by atoms with van der Waals surface area (Å²) in [5.41, 5.74) is 15.3. The minimum atomic E-state index is 0. The Labute approximate surface area is 209 Å². The molecule has 4 nitrogen and oxygen atoms in total. The molecule has 0 amide bonds. The average molecular weight is 478 g/mol. The van der Waals surface area contributed by atoms with Gasteiger partial charge in [-0.1, -0.05) is 54.6 Å². The molecule has 3 N–H and O–H groups in total. The Morgan fingerprint density at radius 2 is 1.69 bits per heavy atom. The molecule has 172 valence electrons. The average Bonchev–Trinajstić information content (AvgIpc) is 3.42. The van der Waals surface area contributed by atoms with Gasteiger partial charge in [0.05, 0.1) is 11.6 Å². The van der Waals surface area contributed by atoms with Crippen LogP contribution in [0.5, 0.6) is 0 Å². The summed E-state index contributed by atoms with van der Waals surface area (Å²) >= 11 is 0. The van der Waals surface area contributed by atoms with E-state index in [9.17, 15) is 5.26 Å². The molecule has 0 bridgehead atoms. The molecule has 0 aliphatic carbocycles. The van der Waals surface area contributed by atoms with Gasteiger partial charge in [-0.15, -0.1) is 12.4 Å². The van der Waals surface area contributed by atoms with E-state index in [0.29, 0.717) is 12.1 Å². The number of fused-ring (bicyclic) bond motifs is 4. The molecule has 5 heteroatoms. The highest BCUT2D eigenvalue weighted by molar-refractivity contribution is 6.10. The number of benzene rings is 4. The third kappa shape index (κ3) is 3.95. The Morgan fingerprint density at radius 3 is 2.54 bits per heavy atom. The first-order valence-corrected chi connectivity index (χ1v) is 11.5. The lowest BCUT2D eigenvalue weighted by Gasteiger charge is -2.06. The molecule has 2 aromatic heterocycles. The van der Waals surface area contributed by atoms with E-state index < -0.39 is 0 Å². The highest BCUT2D eigenvalue weighted by Crippen LogP contribution is 2.37. The lowest BCUT2D eigenvalue weighted by Crippen LogP contribution is -2.05. The molecule has 6 rings (SSSR count). The number of aromatic amines is 1. The highest BCUT2D eigenvalue weighted by atomic mass is 35.5. The molecule has 0 radical (unpaired) electrons. The predicted molar refractivity (Wildman–Crippen MR) is 145 cm³/mol. The number of nitrogens with one attached hydrogen (secondary N) is 1. The van der Waals surface area contributed by atoms with Crippen molar-refractivity contribution in [3.63, 3.8) is 0 Å². The molecule has 4 aromatic carbocycles. The summed E-state index contributed by atoms with van der Waals surface area (Å²) in [6.45, 7) is 0.571. The molecule has 6 aromatic rings. The van der Waals surface area contributed by atoms with Gasteiger partial charge in [-0.05, 0) is 60.0 Å². The Bertz CT molecular complexity index is 1720. The number of rotatable bonds is 5. The molecular weight excluding hydrogens is 454 g/mol. The maximum atomic E-state index is 9.26. The van der Waals surface area contributed by atoms with Crippen LogP contribution < -0.4 is 5.73 Å². The van der Waals surface area contributed by atoms with Crippen molar-refractivity contribution in [2.75, 3.05) is 6.54 Å². The van der Waals surface area contributed by atoms with Gasteiger partial charge in [0.2, 0.25) is 0 Å². The third-order valence-corrected chi connectivity index (χ3v) is 6.54. The van der Waals surface area contributed by atoms with Crippen molar-refractivity contribution in [3.05, 3.63) is 107 Å². The fourth-order valence-corrected chi connectivity index (χ4v) is 4.98. The van der Waals surface area contributed by atoms with Gasteiger partial charge in [-0.25, -0.2) is 0 Å². The van der Waals surface area contributed by atoms with Crippen LogP contribution in [0.2, 0.25) is 0 Å². The van der Waals surface area contributed by atoms with Crippen LogP contribution in [0.25, 0.3) is 44.0 Å². The molecule has 0 aliphatic rings. The Balaban J connectivity index is 0.00000253. The molecule has 0 fully saturated rings. The van der Waals surface area contributed by atoms with Gasteiger partial charge in [0.15, 0.2) is 0 Å². The van der Waals surface area contributed by atoms with E-state index in [-0.39, 0.29) is 12.4 Å². The minimum absolute atomic E-state index is 0. The van der Waals surface area contributed by atoms with Gasteiger partial charge >= 0.3 is 0 Å². The molecule has 0 atom stereocenters. The summed E-state index contributed by atoms with van der Waals surface area (Å²) < 4.78 is 6.28. The van der Waals surface area contributed by atoms with Crippen molar-refractivity contribution in [2.24, 2.45) is 5.73 Å². The van der Waals surface area contributed by atoms with E-state index >= 15 is 0 Å². The van der Waals surface area contributed by atoms with Gasteiger partial charge in [0, 0.05) is 39.4 Å².